The Hall–Kier alpha value is -2.77. The number of amides is 1. The molecule has 2 aliphatic rings. The average Bonchev–Trinajstić information content (AvgIpc) is 3.14. The minimum absolute atomic E-state index is 0.0582. The van der Waals surface area contributed by atoms with Crippen molar-refractivity contribution in [1.29, 1.82) is 0 Å². The number of anilines is 1. The van der Waals surface area contributed by atoms with E-state index >= 15 is 0 Å². The van der Waals surface area contributed by atoms with Gasteiger partial charge >= 0.3 is 0 Å². The van der Waals surface area contributed by atoms with Gasteiger partial charge in [-0.1, -0.05) is 0 Å². The van der Waals surface area contributed by atoms with Gasteiger partial charge in [0, 0.05) is 32.2 Å². The van der Waals surface area contributed by atoms with Crippen molar-refractivity contribution in [3.63, 3.8) is 0 Å². The van der Waals surface area contributed by atoms with Crippen LogP contribution in [0.5, 0.6) is 0 Å². The zero-order valence-electron chi connectivity index (χ0n) is 15.8. The normalized spacial score (nSPS) is 17.7. The van der Waals surface area contributed by atoms with E-state index in [0.29, 0.717) is 26.2 Å². The lowest BCUT2D eigenvalue weighted by molar-refractivity contribution is -0.135. The Morgan fingerprint density at radius 1 is 1.11 bits per heavy atom. The smallest absolute Gasteiger partial charge is 0.267 e. The first-order valence-corrected chi connectivity index (χ1v) is 9.48. The Morgan fingerprint density at radius 2 is 1.89 bits per heavy atom. The molecule has 8 nitrogen and oxygen atoms in total. The third kappa shape index (κ3) is 3.43. The van der Waals surface area contributed by atoms with Crippen molar-refractivity contribution in [2.45, 2.75) is 39.2 Å². The predicted molar refractivity (Wildman–Crippen MR) is 101 cm³/mol. The van der Waals surface area contributed by atoms with E-state index in [-0.39, 0.29) is 11.5 Å². The van der Waals surface area contributed by atoms with Gasteiger partial charge < -0.3 is 9.80 Å². The standard InChI is InChI=1S/C19H24N6O2/c1-13-6-7-17(21-20-13)23-8-10-24(11-9-23)19(27)14(2)25-18(26)12-15-4-3-5-16(15)22-25/h6-7,12,14H,3-5,8-11H2,1-2H3. The van der Waals surface area contributed by atoms with Crippen LogP contribution in [0.1, 0.15) is 36.3 Å². The maximum atomic E-state index is 12.9. The van der Waals surface area contributed by atoms with E-state index in [4.69, 9.17) is 0 Å². The van der Waals surface area contributed by atoms with Crippen LogP contribution in [0, 0.1) is 6.92 Å². The summed E-state index contributed by atoms with van der Waals surface area (Å²) in [6.45, 7) is 6.25. The molecule has 1 unspecified atom stereocenters. The Morgan fingerprint density at radius 3 is 2.59 bits per heavy atom. The lowest BCUT2D eigenvalue weighted by Crippen LogP contribution is -2.51. The van der Waals surface area contributed by atoms with Crippen LogP contribution in [0.4, 0.5) is 5.82 Å². The number of carbonyl (C=O) groups is 1. The van der Waals surface area contributed by atoms with E-state index in [2.05, 4.69) is 20.2 Å². The van der Waals surface area contributed by atoms with Gasteiger partial charge in [0.1, 0.15) is 6.04 Å². The number of carbonyl (C=O) groups excluding carboxylic acids is 1. The van der Waals surface area contributed by atoms with Crippen molar-refractivity contribution in [2.24, 2.45) is 0 Å². The number of fused-ring (bicyclic) bond motifs is 1. The molecule has 0 bridgehead atoms. The number of aryl methyl sites for hydroxylation is 3. The zero-order chi connectivity index (χ0) is 19.0. The highest BCUT2D eigenvalue weighted by molar-refractivity contribution is 5.80. The van der Waals surface area contributed by atoms with Gasteiger partial charge in [0.05, 0.1) is 11.4 Å². The first-order chi connectivity index (χ1) is 13.0. The number of nitrogens with zero attached hydrogens (tertiary/aromatic N) is 6. The fraction of sp³-hybridized carbons (Fsp3) is 0.526. The second kappa shape index (κ2) is 7.09. The molecule has 4 rings (SSSR count). The second-order valence-electron chi connectivity index (χ2n) is 7.27. The van der Waals surface area contributed by atoms with Crippen molar-refractivity contribution in [3.8, 4) is 0 Å². The highest BCUT2D eigenvalue weighted by atomic mass is 16.2. The summed E-state index contributed by atoms with van der Waals surface area (Å²) in [5, 5.41) is 12.8. The van der Waals surface area contributed by atoms with Gasteiger partial charge in [0.2, 0.25) is 5.91 Å². The minimum Gasteiger partial charge on any atom is -0.352 e. The molecule has 8 heteroatoms. The van der Waals surface area contributed by atoms with Crippen LogP contribution >= 0.6 is 0 Å². The summed E-state index contributed by atoms with van der Waals surface area (Å²) >= 11 is 0. The molecule has 0 radical (unpaired) electrons. The molecule has 3 heterocycles. The van der Waals surface area contributed by atoms with Crippen LogP contribution < -0.4 is 10.5 Å². The van der Waals surface area contributed by atoms with Crippen LogP contribution in [0.15, 0.2) is 23.0 Å². The lowest BCUT2D eigenvalue weighted by Gasteiger charge is -2.36. The van der Waals surface area contributed by atoms with Crippen LogP contribution in [0.25, 0.3) is 0 Å². The highest BCUT2D eigenvalue weighted by Crippen LogP contribution is 2.19. The molecule has 1 atom stereocenters. The fourth-order valence-electron chi connectivity index (χ4n) is 3.78. The van der Waals surface area contributed by atoms with E-state index in [1.165, 1.54) is 4.68 Å². The van der Waals surface area contributed by atoms with Crippen molar-refractivity contribution in [3.05, 3.63) is 45.5 Å². The molecule has 2 aromatic heterocycles. The summed E-state index contributed by atoms with van der Waals surface area (Å²) in [5.74, 6) is 0.773. The molecular weight excluding hydrogens is 344 g/mol. The summed E-state index contributed by atoms with van der Waals surface area (Å²) in [5.41, 5.74) is 2.68. The van der Waals surface area contributed by atoms with Crippen molar-refractivity contribution in [1.82, 2.24) is 24.9 Å². The lowest BCUT2D eigenvalue weighted by atomic mass is 10.2. The first-order valence-electron chi connectivity index (χ1n) is 9.48. The molecule has 0 saturated carbocycles. The highest BCUT2D eigenvalue weighted by Gasteiger charge is 2.28. The van der Waals surface area contributed by atoms with Crippen LogP contribution in [-0.4, -0.2) is 57.0 Å². The summed E-state index contributed by atoms with van der Waals surface area (Å²) in [7, 11) is 0. The molecule has 27 heavy (non-hydrogen) atoms. The Bertz CT molecular complexity index is 899. The molecule has 1 amide bonds. The predicted octanol–water partition coefficient (Wildman–Crippen LogP) is 0.740. The number of rotatable bonds is 3. The molecule has 1 saturated heterocycles. The Balaban J connectivity index is 1.43. The zero-order valence-corrected chi connectivity index (χ0v) is 15.8. The van der Waals surface area contributed by atoms with Gasteiger partial charge in [-0.15, -0.1) is 5.10 Å². The molecule has 1 fully saturated rings. The van der Waals surface area contributed by atoms with E-state index in [0.717, 1.165) is 42.0 Å². The van der Waals surface area contributed by atoms with E-state index in [1.807, 2.05) is 24.0 Å². The summed E-state index contributed by atoms with van der Waals surface area (Å²) in [6.07, 6.45) is 2.81. The second-order valence-corrected chi connectivity index (χ2v) is 7.27. The van der Waals surface area contributed by atoms with Gasteiger partial charge in [0.15, 0.2) is 5.82 Å². The molecule has 0 N–H and O–H groups in total. The SMILES string of the molecule is Cc1ccc(N2CCN(C(=O)C(C)n3nc4c(cc3=O)CCC4)CC2)nn1. The van der Waals surface area contributed by atoms with Crippen LogP contribution in [0.2, 0.25) is 0 Å². The van der Waals surface area contributed by atoms with Crippen LogP contribution in [0.3, 0.4) is 0 Å². The largest absolute Gasteiger partial charge is 0.352 e. The quantitative estimate of drug-likeness (QED) is 0.795. The molecule has 0 spiro atoms. The summed E-state index contributed by atoms with van der Waals surface area (Å²) in [4.78, 5) is 29.2. The fourth-order valence-corrected chi connectivity index (χ4v) is 3.78. The maximum Gasteiger partial charge on any atom is 0.267 e. The van der Waals surface area contributed by atoms with Crippen molar-refractivity contribution in [2.75, 3.05) is 31.1 Å². The molecular formula is C19H24N6O2. The molecule has 142 valence electrons. The van der Waals surface area contributed by atoms with Gasteiger partial charge in [-0.05, 0) is 50.8 Å². The third-order valence-corrected chi connectivity index (χ3v) is 5.41. The maximum absolute atomic E-state index is 12.9. The topological polar surface area (TPSA) is 84.2 Å². The van der Waals surface area contributed by atoms with E-state index in [9.17, 15) is 9.59 Å². The number of hydrogen-bond donors (Lipinski definition) is 0. The molecule has 2 aromatic rings. The summed E-state index contributed by atoms with van der Waals surface area (Å²) < 4.78 is 1.35. The molecule has 1 aliphatic heterocycles. The molecule has 1 aliphatic carbocycles. The van der Waals surface area contributed by atoms with E-state index < -0.39 is 6.04 Å². The van der Waals surface area contributed by atoms with Crippen molar-refractivity contribution < 1.29 is 4.79 Å². The Labute approximate surface area is 157 Å². The monoisotopic (exact) mass is 368 g/mol. The van der Waals surface area contributed by atoms with Gasteiger partial charge in [-0.2, -0.15) is 10.2 Å². The molecule has 0 aromatic carbocycles. The van der Waals surface area contributed by atoms with Crippen molar-refractivity contribution >= 4 is 11.7 Å². The Kier molecular flexibility index (Phi) is 4.63. The minimum atomic E-state index is -0.589. The third-order valence-electron chi connectivity index (χ3n) is 5.41. The number of hydrogen-bond acceptors (Lipinski definition) is 6. The van der Waals surface area contributed by atoms with Gasteiger partial charge in [0.25, 0.3) is 5.56 Å². The summed E-state index contributed by atoms with van der Waals surface area (Å²) in [6, 6.07) is 4.95. The first kappa shape index (κ1) is 17.6. The van der Waals surface area contributed by atoms with Gasteiger partial charge in [-0.3, -0.25) is 9.59 Å². The van der Waals surface area contributed by atoms with Crippen LogP contribution in [-0.2, 0) is 17.6 Å². The number of aromatic nitrogens is 4. The van der Waals surface area contributed by atoms with Gasteiger partial charge in [-0.25, -0.2) is 4.68 Å². The number of piperazine rings is 1. The van der Waals surface area contributed by atoms with E-state index in [1.54, 1.807) is 13.0 Å². The average molecular weight is 368 g/mol.